The molecule has 20 heavy (non-hydrogen) atoms. The average Bonchev–Trinajstić information content (AvgIpc) is 2.48. The van der Waals surface area contributed by atoms with E-state index in [9.17, 15) is 0 Å². The molecule has 1 heterocycles. The SMILES string of the molecule is CC(C#N)Nc1ccnc(Nc2ccc(C#N)cc2)n1. The first-order valence-corrected chi connectivity index (χ1v) is 5.97. The van der Waals surface area contributed by atoms with E-state index in [1.807, 2.05) is 0 Å². The Labute approximate surface area is 116 Å². The molecule has 0 saturated carbocycles. The van der Waals surface area contributed by atoms with Gasteiger partial charge in [-0.25, -0.2) is 4.98 Å². The van der Waals surface area contributed by atoms with Crippen LogP contribution in [0.4, 0.5) is 17.5 Å². The first-order valence-electron chi connectivity index (χ1n) is 5.97. The molecule has 0 fully saturated rings. The van der Waals surface area contributed by atoms with Crippen LogP contribution in [0.3, 0.4) is 0 Å². The summed E-state index contributed by atoms with van der Waals surface area (Å²) in [5, 5.41) is 23.5. The summed E-state index contributed by atoms with van der Waals surface area (Å²) in [5.74, 6) is 0.995. The Morgan fingerprint density at radius 3 is 2.55 bits per heavy atom. The zero-order chi connectivity index (χ0) is 14.4. The van der Waals surface area contributed by atoms with Gasteiger partial charge < -0.3 is 10.6 Å². The number of hydrogen-bond acceptors (Lipinski definition) is 6. The molecule has 1 unspecified atom stereocenters. The summed E-state index contributed by atoms with van der Waals surface area (Å²) in [7, 11) is 0. The molecule has 1 atom stereocenters. The van der Waals surface area contributed by atoms with Gasteiger partial charge in [0, 0.05) is 11.9 Å². The van der Waals surface area contributed by atoms with Crippen LogP contribution >= 0.6 is 0 Å². The summed E-state index contributed by atoms with van der Waals surface area (Å²) in [5.41, 5.74) is 1.38. The topological polar surface area (TPSA) is 97.4 Å². The van der Waals surface area contributed by atoms with Crippen molar-refractivity contribution in [3.8, 4) is 12.1 Å². The van der Waals surface area contributed by atoms with E-state index in [0.29, 0.717) is 17.3 Å². The Balaban J connectivity index is 2.11. The van der Waals surface area contributed by atoms with E-state index in [0.717, 1.165) is 5.69 Å². The summed E-state index contributed by atoms with van der Waals surface area (Å²) >= 11 is 0. The zero-order valence-corrected chi connectivity index (χ0v) is 10.8. The van der Waals surface area contributed by atoms with Gasteiger partial charge in [0.05, 0.1) is 17.7 Å². The maximum absolute atomic E-state index is 8.75. The molecule has 2 N–H and O–H groups in total. The number of nitrogens with zero attached hydrogens (tertiary/aromatic N) is 4. The molecule has 0 amide bonds. The van der Waals surface area contributed by atoms with Crippen LogP contribution in [0.15, 0.2) is 36.5 Å². The van der Waals surface area contributed by atoms with E-state index in [-0.39, 0.29) is 6.04 Å². The van der Waals surface area contributed by atoms with Crippen LogP contribution in [0.2, 0.25) is 0 Å². The van der Waals surface area contributed by atoms with E-state index in [1.54, 1.807) is 43.5 Å². The van der Waals surface area contributed by atoms with Crippen molar-refractivity contribution >= 4 is 17.5 Å². The second-order valence-electron chi connectivity index (χ2n) is 4.07. The van der Waals surface area contributed by atoms with Crippen LogP contribution in [0.5, 0.6) is 0 Å². The lowest BCUT2D eigenvalue weighted by Crippen LogP contribution is -2.13. The maximum atomic E-state index is 8.75. The molecule has 2 aromatic rings. The summed E-state index contributed by atoms with van der Waals surface area (Å²) in [6.45, 7) is 1.75. The molecule has 6 nitrogen and oxygen atoms in total. The van der Waals surface area contributed by atoms with Crippen molar-refractivity contribution in [1.82, 2.24) is 9.97 Å². The number of aromatic nitrogens is 2. The molecule has 1 aromatic carbocycles. The first-order chi connectivity index (χ1) is 9.71. The third-order valence-corrected chi connectivity index (χ3v) is 2.48. The molecule has 0 aliphatic rings. The van der Waals surface area contributed by atoms with Crippen molar-refractivity contribution in [1.29, 1.82) is 10.5 Å². The Kier molecular flexibility index (Phi) is 4.10. The number of nitrogens with one attached hydrogen (secondary N) is 2. The lowest BCUT2D eigenvalue weighted by atomic mass is 10.2. The standard InChI is InChI=1S/C14H12N6/c1-10(8-15)18-13-6-7-17-14(20-13)19-12-4-2-11(9-16)3-5-12/h2-7,10H,1H3,(H2,17,18,19,20). The zero-order valence-electron chi connectivity index (χ0n) is 10.8. The molecule has 0 bridgehead atoms. The van der Waals surface area contributed by atoms with E-state index in [4.69, 9.17) is 10.5 Å². The van der Waals surface area contributed by atoms with Gasteiger partial charge in [-0.15, -0.1) is 0 Å². The number of nitriles is 2. The minimum Gasteiger partial charge on any atom is -0.355 e. The predicted octanol–water partition coefficient (Wildman–Crippen LogP) is 2.42. The fraction of sp³-hybridized carbons (Fsp3) is 0.143. The van der Waals surface area contributed by atoms with Gasteiger partial charge in [0.15, 0.2) is 0 Å². The normalized spacial score (nSPS) is 10.9. The minimum atomic E-state index is -0.326. The Morgan fingerprint density at radius 1 is 1.15 bits per heavy atom. The number of hydrogen-bond donors (Lipinski definition) is 2. The Morgan fingerprint density at radius 2 is 1.90 bits per heavy atom. The van der Waals surface area contributed by atoms with Gasteiger partial charge in [-0.2, -0.15) is 15.5 Å². The number of rotatable bonds is 4. The third-order valence-electron chi connectivity index (χ3n) is 2.48. The van der Waals surface area contributed by atoms with Crippen LogP contribution in [0.25, 0.3) is 0 Å². The Hall–Kier alpha value is -3.12. The second kappa shape index (κ2) is 6.17. The van der Waals surface area contributed by atoms with Gasteiger partial charge in [-0.3, -0.25) is 0 Å². The lowest BCUT2D eigenvalue weighted by molar-refractivity contribution is 0.986. The van der Waals surface area contributed by atoms with Crippen LogP contribution in [0.1, 0.15) is 12.5 Å². The second-order valence-corrected chi connectivity index (χ2v) is 4.07. The van der Waals surface area contributed by atoms with Gasteiger partial charge in [0.25, 0.3) is 0 Å². The molecule has 0 spiro atoms. The summed E-state index contributed by atoms with van der Waals surface area (Å²) in [4.78, 5) is 8.35. The van der Waals surface area contributed by atoms with Crippen molar-refractivity contribution in [3.63, 3.8) is 0 Å². The average molecular weight is 264 g/mol. The fourth-order valence-corrected chi connectivity index (χ4v) is 1.51. The van der Waals surface area contributed by atoms with Crippen LogP contribution in [-0.4, -0.2) is 16.0 Å². The summed E-state index contributed by atoms with van der Waals surface area (Å²) < 4.78 is 0. The summed E-state index contributed by atoms with van der Waals surface area (Å²) in [6.07, 6.45) is 1.60. The highest BCUT2D eigenvalue weighted by Crippen LogP contribution is 2.15. The molecule has 6 heteroatoms. The highest BCUT2D eigenvalue weighted by atomic mass is 15.1. The van der Waals surface area contributed by atoms with E-state index in [2.05, 4.69) is 32.7 Å². The lowest BCUT2D eigenvalue weighted by Gasteiger charge is -2.09. The van der Waals surface area contributed by atoms with Crippen LogP contribution in [-0.2, 0) is 0 Å². The quantitative estimate of drug-likeness (QED) is 0.880. The molecular weight excluding hydrogens is 252 g/mol. The van der Waals surface area contributed by atoms with Crippen molar-refractivity contribution in [2.24, 2.45) is 0 Å². The predicted molar refractivity (Wildman–Crippen MR) is 75.2 cm³/mol. The molecular formula is C14H12N6. The monoisotopic (exact) mass is 264 g/mol. The minimum absolute atomic E-state index is 0.326. The van der Waals surface area contributed by atoms with Gasteiger partial charge in [-0.05, 0) is 37.3 Å². The summed E-state index contributed by atoms with van der Waals surface area (Å²) in [6, 6.07) is 12.5. The van der Waals surface area contributed by atoms with Crippen molar-refractivity contribution in [2.75, 3.05) is 10.6 Å². The molecule has 0 saturated heterocycles. The molecule has 98 valence electrons. The van der Waals surface area contributed by atoms with Crippen LogP contribution in [0, 0.1) is 22.7 Å². The molecule has 0 aliphatic heterocycles. The largest absolute Gasteiger partial charge is 0.355 e. The highest BCUT2D eigenvalue weighted by Gasteiger charge is 2.03. The van der Waals surface area contributed by atoms with Gasteiger partial charge >= 0.3 is 0 Å². The maximum Gasteiger partial charge on any atom is 0.229 e. The molecule has 0 aliphatic carbocycles. The first kappa shape index (κ1) is 13.3. The fourth-order valence-electron chi connectivity index (χ4n) is 1.51. The van der Waals surface area contributed by atoms with E-state index >= 15 is 0 Å². The van der Waals surface area contributed by atoms with E-state index in [1.165, 1.54) is 0 Å². The highest BCUT2D eigenvalue weighted by molar-refractivity contribution is 5.56. The smallest absolute Gasteiger partial charge is 0.229 e. The van der Waals surface area contributed by atoms with Gasteiger partial charge in [-0.1, -0.05) is 0 Å². The van der Waals surface area contributed by atoms with Gasteiger partial charge in [0.2, 0.25) is 5.95 Å². The molecule has 2 rings (SSSR count). The van der Waals surface area contributed by atoms with Crippen molar-refractivity contribution in [2.45, 2.75) is 13.0 Å². The third kappa shape index (κ3) is 3.44. The number of anilines is 3. The molecule has 1 aromatic heterocycles. The van der Waals surface area contributed by atoms with Crippen molar-refractivity contribution < 1.29 is 0 Å². The molecule has 0 radical (unpaired) electrons. The van der Waals surface area contributed by atoms with Crippen LogP contribution < -0.4 is 10.6 Å². The Bertz CT molecular complexity index is 665. The van der Waals surface area contributed by atoms with E-state index < -0.39 is 0 Å². The van der Waals surface area contributed by atoms with Crippen molar-refractivity contribution in [3.05, 3.63) is 42.1 Å². The van der Waals surface area contributed by atoms with Gasteiger partial charge in [0.1, 0.15) is 11.9 Å². The number of benzene rings is 1.